The van der Waals surface area contributed by atoms with E-state index < -0.39 is 0 Å². The highest BCUT2D eigenvalue weighted by Crippen LogP contribution is 2.07. The summed E-state index contributed by atoms with van der Waals surface area (Å²) in [5.41, 5.74) is 5.48. The molecule has 0 saturated carbocycles. The largest absolute Gasteiger partial charge is 0.393 e. The van der Waals surface area contributed by atoms with E-state index in [4.69, 9.17) is 18.0 Å². The number of aromatic nitrogens is 2. The number of hydrogen-bond donors (Lipinski definition) is 1. The molecular formula is C11H18N4OS. The highest BCUT2D eigenvalue weighted by atomic mass is 32.1. The normalized spacial score (nSPS) is 12.2. The van der Waals surface area contributed by atoms with Crippen LogP contribution < -0.4 is 16.2 Å². The van der Waals surface area contributed by atoms with Gasteiger partial charge < -0.3 is 15.2 Å². The quantitative estimate of drug-likeness (QED) is 0.777. The van der Waals surface area contributed by atoms with Crippen LogP contribution in [0.15, 0.2) is 17.2 Å². The van der Waals surface area contributed by atoms with Gasteiger partial charge >= 0.3 is 0 Å². The topological polar surface area (TPSA) is 64.2 Å². The van der Waals surface area contributed by atoms with Crippen molar-refractivity contribution in [3.63, 3.8) is 0 Å². The molecule has 0 amide bonds. The molecular weight excluding hydrogens is 236 g/mol. The second kappa shape index (κ2) is 5.77. The molecule has 6 heteroatoms. The van der Waals surface area contributed by atoms with Gasteiger partial charge in [0.25, 0.3) is 5.56 Å². The molecule has 0 radical (unpaired) electrons. The van der Waals surface area contributed by atoms with Crippen molar-refractivity contribution < 1.29 is 0 Å². The number of aryl methyl sites for hydroxylation is 1. The van der Waals surface area contributed by atoms with Crippen molar-refractivity contribution in [1.82, 2.24) is 9.55 Å². The van der Waals surface area contributed by atoms with Crippen LogP contribution in [0.3, 0.4) is 0 Å². The minimum absolute atomic E-state index is 0.0525. The first kappa shape index (κ1) is 13.6. The van der Waals surface area contributed by atoms with Gasteiger partial charge in [-0.3, -0.25) is 4.79 Å². The molecule has 1 aromatic heterocycles. The fourth-order valence-corrected chi connectivity index (χ4v) is 1.56. The van der Waals surface area contributed by atoms with Gasteiger partial charge in [-0.15, -0.1) is 0 Å². The van der Waals surface area contributed by atoms with Crippen molar-refractivity contribution in [2.45, 2.75) is 13.8 Å². The maximum Gasteiger partial charge on any atom is 0.293 e. The molecule has 1 heterocycles. The van der Waals surface area contributed by atoms with Crippen LogP contribution in [-0.4, -0.2) is 27.6 Å². The van der Waals surface area contributed by atoms with Crippen molar-refractivity contribution >= 4 is 23.0 Å². The third kappa shape index (κ3) is 3.26. The molecule has 0 spiro atoms. The van der Waals surface area contributed by atoms with E-state index in [1.54, 1.807) is 19.4 Å². The van der Waals surface area contributed by atoms with Crippen molar-refractivity contribution in [2.75, 3.05) is 18.0 Å². The molecule has 0 aliphatic carbocycles. The molecule has 94 valence electrons. The van der Waals surface area contributed by atoms with Gasteiger partial charge in [-0.25, -0.2) is 4.98 Å². The van der Waals surface area contributed by atoms with Crippen LogP contribution in [0.4, 0.5) is 5.82 Å². The van der Waals surface area contributed by atoms with E-state index in [2.05, 4.69) is 4.98 Å². The standard InChI is InChI=1S/C11H18N4OS/c1-4-15(7-8(2)9(12)17)10-11(16)14(3)6-5-13-10/h5-6,8H,4,7H2,1-3H3,(H2,12,17). The monoisotopic (exact) mass is 254 g/mol. The van der Waals surface area contributed by atoms with E-state index in [9.17, 15) is 4.79 Å². The first-order valence-corrected chi connectivity index (χ1v) is 5.94. The van der Waals surface area contributed by atoms with Gasteiger partial charge in [-0.1, -0.05) is 19.1 Å². The summed E-state index contributed by atoms with van der Waals surface area (Å²) in [7, 11) is 1.71. The summed E-state index contributed by atoms with van der Waals surface area (Å²) in [5.74, 6) is 0.497. The lowest BCUT2D eigenvalue weighted by Gasteiger charge is -2.24. The molecule has 17 heavy (non-hydrogen) atoms. The lowest BCUT2D eigenvalue weighted by Crippen LogP contribution is -2.38. The van der Waals surface area contributed by atoms with Crippen LogP contribution in [0.1, 0.15) is 13.8 Å². The minimum atomic E-state index is -0.107. The minimum Gasteiger partial charge on any atom is -0.393 e. The number of nitrogens with zero attached hydrogens (tertiary/aromatic N) is 3. The van der Waals surface area contributed by atoms with Crippen LogP contribution in [0, 0.1) is 5.92 Å². The van der Waals surface area contributed by atoms with E-state index in [-0.39, 0.29) is 11.5 Å². The Labute approximate surface area is 106 Å². The van der Waals surface area contributed by atoms with Crippen molar-refractivity contribution in [3.8, 4) is 0 Å². The summed E-state index contributed by atoms with van der Waals surface area (Å²) < 4.78 is 1.51. The predicted molar refractivity (Wildman–Crippen MR) is 73.3 cm³/mol. The molecule has 0 aromatic carbocycles. The summed E-state index contributed by atoms with van der Waals surface area (Å²) in [5, 5.41) is 0. The smallest absolute Gasteiger partial charge is 0.293 e. The van der Waals surface area contributed by atoms with Crippen LogP contribution in [0.5, 0.6) is 0 Å². The molecule has 2 N–H and O–H groups in total. The van der Waals surface area contributed by atoms with Gasteiger partial charge in [0.2, 0.25) is 0 Å². The SMILES string of the molecule is CCN(CC(C)C(N)=S)c1nccn(C)c1=O. The maximum absolute atomic E-state index is 11.9. The Kier molecular flexibility index (Phi) is 4.62. The fraction of sp³-hybridized carbons (Fsp3) is 0.545. The summed E-state index contributed by atoms with van der Waals surface area (Å²) in [6.07, 6.45) is 3.25. The van der Waals surface area contributed by atoms with Crippen molar-refractivity contribution in [1.29, 1.82) is 0 Å². The van der Waals surface area contributed by atoms with Crippen LogP contribution in [0.2, 0.25) is 0 Å². The van der Waals surface area contributed by atoms with E-state index in [0.717, 1.165) is 0 Å². The number of rotatable bonds is 5. The zero-order valence-corrected chi connectivity index (χ0v) is 11.2. The fourth-order valence-electron chi connectivity index (χ4n) is 1.49. The molecule has 1 unspecified atom stereocenters. The average Bonchev–Trinajstić information content (AvgIpc) is 2.29. The summed E-state index contributed by atoms with van der Waals surface area (Å²) in [6.45, 7) is 5.22. The molecule has 1 atom stereocenters. The molecule has 0 aliphatic heterocycles. The van der Waals surface area contributed by atoms with E-state index >= 15 is 0 Å². The highest BCUT2D eigenvalue weighted by Gasteiger charge is 2.15. The van der Waals surface area contributed by atoms with E-state index in [0.29, 0.717) is 23.9 Å². The molecule has 0 saturated heterocycles. The molecule has 5 nitrogen and oxygen atoms in total. The number of thiocarbonyl (C=S) groups is 1. The van der Waals surface area contributed by atoms with E-state index in [1.807, 2.05) is 18.7 Å². The summed E-state index contributed by atoms with van der Waals surface area (Å²) in [6, 6.07) is 0. The molecule has 1 rings (SSSR count). The Balaban J connectivity index is 2.98. The molecule has 1 aromatic rings. The Bertz CT molecular complexity index is 457. The molecule has 0 bridgehead atoms. The Hall–Kier alpha value is -1.43. The average molecular weight is 254 g/mol. The number of anilines is 1. The van der Waals surface area contributed by atoms with Gasteiger partial charge in [0.05, 0.1) is 4.99 Å². The van der Waals surface area contributed by atoms with Gasteiger partial charge in [0, 0.05) is 38.4 Å². The summed E-state index contributed by atoms with van der Waals surface area (Å²) in [4.78, 5) is 18.4. The number of nitrogens with two attached hydrogens (primary N) is 1. The van der Waals surface area contributed by atoms with Crippen LogP contribution in [0.25, 0.3) is 0 Å². The second-order valence-corrected chi connectivity index (χ2v) is 4.48. The second-order valence-electron chi connectivity index (χ2n) is 4.01. The van der Waals surface area contributed by atoms with Crippen LogP contribution >= 0.6 is 12.2 Å². The van der Waals surface area contributed by atoms with Gasteiger partial charge in [-0.05, 0) is 6.92 Å². The third-order valence-corrected chi connectivity index (χ3v) is 3.06. The van der Waals surface area contributed by atoms with Gasteiger partial charge in [0.15, 0.2) is 5.82 Å². The Morgan fingerprint density at radius 3 is 2.88 bits per heavy atom. The van der Waals surface area contributed by atoms with Gasteiger partial charge in [0.1, 0.15) is 0 Å². The lowest BCUT2D eigenvalue weighted by atomic mass is 10.1. The third-order valence-electron chi connectivity index (χ3n) is 2.66. The zero-order valence-electron chi connectivity index (χ0n) is 10.4. The van der Waals surface area contributed by atoms with Crippen LogP contribution in [-0.2, 0) is 7.05 Å². The maximum atomic E-state index is 11.9. The van der Waals surface area contributed by atoms with Crippen molar-refractivity contribution in [2.24, 2.45) is 18.7 Å². The lowest BCUT2D eigenvalue weighted by molar-refractivity contribution is 0.687. The number of hydrogen-bond acceptors (Lipinski definition) is 4. The molecule has 0 aliphatic rings. The predicted octanol–water partition coefficient (Wildman–Crippen LogP) is 0.529. The first-order chi connectivity index (χ1) is 7.97. The first-order valence-electron chi connectivity index (χ1n) is 5.53. The molecule has 0 fully saturated rings. The Morgan fingerprint density at radius 1 is 1.71 bits per heavy atom. The highest BCUT2D eigenvalue weighted by molar-refractivity contribution is 7.80. The van der Waals surface area contributed by atoms with Crippen molar-refractivity contribution in [3.05, 3.63) is 22.7 Å². The van der Waals surface area contributed by atoms with Gasteiger partial charge in [-0.2, -0.15) is 0 Å². The zero-order chi connectivity index (χ0) is 13.0. The summed E-state index contributed by atoms with van der Waals surface area (Å²) >= 11 is 4.94. The Morgan fingerprint density at radius 2 is 2.35 bits per heavy atom. The van der Waals surface area contributed by atoms with E-state index in [1.165, 1.54) is 4.57 Å².